The van der Waals surface area contributed by atoms with Gasteiger partial charge in [0.2, 0.25) is 5.95 Å². The summed E-state index contributed by atoms with van der Waals surface area (Å²) in [5, 5.41) is 3.77. The number of rotatable bonds is 3. The molecule has 2 heterocycles. The number of hydrogen-bond acceptors (Lipinski definition) is 4. The third-order valence-corrected chi connectivity index (χ3v) is 3.53. The van der Waals surface area contributed by atoms with Crippen molar-refractivity contribution in [3.05, 3.63) is 39.3 Å². The molecule has 84 valence electrons. The molecule has 2 aromatic heterocycles. The number of nitrogens with zero attached hydrogens (tertiary/aromatic N) is 2. The zero-order valence-electron chi connectivity index (χ0n) is 9.07. The van der Waals surface area contributed by atoms with Gasteiger partial charge in [-0.05, 0) is 26.0 Å². The zero-order chi connectivity index (χ0) is 11.5. The Labute approximate surface area is 104 Å². The molecule has 1 unspecified atom stereocenters. The Bertz CT molecular complexity index is 466. The van der Waals surface area contributed by atoms with E-state index in [4.69, 9.17) is 11.6 Å². The minimum absolute atomic E-state index is 0.208. The number of aromatic nitrogens is 2. The predicted octanol–water partition coefficient (Wildman–Crippen LogP) is 3.67. The van der Waals surface area contributed by atoms with Crippen molar-refractivity contribution >= 4 is 28.9 Å². The minimum Gasteiger partial charge on any atom is -0.347 e. The smallest absolute Gasteiger partial charge is 0.223 e. The fourth-order valence-corrected chi connectivity index (χ4v) is 2.31. The van der Waals surface area contributed by atoms with E-state index in [0.29, 0.717) is 11.0 Å². The van der Waals surface area contributed by atoms with E-state index in [9.17, 15) is 0 Å². The molecular weight excluding hydrogens is 242 g/mol. The van der Waals surface area contributed by atoms with E-state index in [0.717, 1.165) is 0 Å². The maximum Gasteiger partial charge on any atom is 0.223 e. The van der Waals surface area contributed by atoms with Crippen LogP contribution >= 0.6 is 22.9 Å². The van der Waals surface area contributed by atoms with E-state index in [1.807, 2.05) is 0 Å². The summed E-state index contributed by atoms with van der Waals surface area (Å²) in [7, 11) is 0. The van der Waals surface area contributed by atoms with Crippen LogP contribution in [-0.4, -0.2) is 9.97 Å². The van der Waals surface area contributed by atoms with Crippen LogP contribution in [0.4, 0.5) is 5.95 Å². The summed E-state index contributed by atoms with van der Waals surface area (Å²) >= 11 is 7.49. The molecule has 0 aliphatic carbocycles. The van der Waals surface area contributed by atoms with Crippen LogP contribution in [0.1, 0.15) is 22.7 Å². The van der Waals surface area contributed by atoms with Crippen LogP contribution in [0.25, 0.3) is 0 Å². The number of anilines is 1. The van der Waals surface area contributed by atoms with Crippen molar-refractivity contribution in [2.45, 2.75) is 19.9 Å². The van der Waals surface area contributed by atoms with E-state index in [1.165, 1.54) is 9.75 Å². The van der Waals surface area contributed by atoms with Gasteiger partial charge in [0.15, 0.2) is 0 Å². The maximum absolute atomic E-state index is 5.72. The van der Waals surface area contributed by atoms with Gasteiger partial charge in [0, 0.05) is 9.75 Å². The molecule has 0 bridgehead atoms. The van der Waals surface area contributed by atoms with Crippen molar-refractivity contribution in [2.24, 2.45) is 0 Å². The Morgan fingerprint density at radius 2 is 2.00 bits per heavy atom. The van der Waals surface area contributed by atoms with E-state index < -0.39 is 0 Å². The van der Waals surface area contributed by atoms with Crippen molar-refractivity contribution in [1.29, 1.82) is 0 Å². The number of aryl methyl sites for hydroxylation is 1. The van der Waals surface area contributed by atoms with Gasteiger partial charge < -0.3 is 5.32 Å². The lowest BCUT2D eigenvalue weighted by Gasteiger charge is -2.11. The molecule has 2 aromatic rings. The molecule has 0 amide bonds. The largest absolute Gasteiger partial charge is 0.347 e. The lowest BCUT2D eigenvalue weighted by molar-refractivity contribution is 0.880. The van der Waals surface area contributed by atoms with E-state index in [1.54, 1.807) is 23.7 Å². The summed E-state index contributed by atoms with van der Waals surface area (Å²) in [5.41, 5.74) is 0. The average molecular weight is 254 g/mol. The molecule has 1 atom stereocenters. The van der Waals surface area contributed by atoms with Gasteiger partial charge in [0.05, 0.1) is 23.5 Å². The summed E-state index contributed by atoms with van der Waals surface area (Å²) in [4.78, 5) is 10.8. The second-order valence-corrected chi connectivity index (χ2v) is 5.30. The molecule has 0 aliphatic heterocycles. The average Bonchev–Trinajstić information content (AvgIpc) is 2.68. The quantitative estimate of drug-likeness (QED) is 0.907. The lowest BCUT2D eigenvalue weighted by atomic mass is 10.3. The number of nitrogens with one attached hydrogen (secondary N) is 1. The van der Waals surface area contributed by atoms with Gasteiger partial charge in [-0.25, -0.2) is 9.97 Å². The van der Waals surface area contributed by atoms with Crippen LogP contribution in [-0.2, 0) is 0 Å². The molecule has 0 radical (unpaired) electrons. The zero-order valence-corrected chi connectivity index (χ0v) is 10.6. The minimum atomic E-state index is 0.208. The Hall–Kier alpha value is -1.13. The van der Waals surface area contributed by atoms with Crippen molar-refractivity contribution in [3.63, 3.8) is 0 Å². The first-order chi connectivity index (χ1) is 7.65. The Morgan fingerprint density at radius 3 is 2.56 bits per heavy atom. The van der Waals surface area contributed by atoms with Gasteiger partial charge >= 0.3 is 0 Å². The molecule has 16 heavy (non-hydrogen) atoms. The summed E-state index contributed by atoms with van der Waals surface area (Å²) in [6.45, 7) is 4.18. The van der Waals surface area contributed by atoms with Crippen LogP contribution in [0.2, 0.25) is 5.02 Å². The molecular formula is C11H12ClN3S. The van der Waals surface area contributed by atoms with E-state index in [2.05, 4.69) is 41.3 Å². The van der Waals surface area contributed by atoms with Gasteiger partial charge in [0.25, 0.3) is 0 Å². The fraction of sp³-hybridized carbons (Fsp3) is 0.273. The van der Waals surface area contributed by atoms with Crippen LogP contribution in [0.5, 0.6) is 0 Å². The first kappa shape index (κ1) is 11.4. The van der Waals surface area contributed by atoms with Crippen molar-refractivity contribution < 1.29 is 0 Å². The third-order valence-electron chi connectivity index (χ3n) is 2.15. The SMILES string of the molecule is Cc1ccc(C(C)Nc2ncc(Cl)cn2)s1. The highest BCUT2D eigenvalue weighted by Crippen LogP contribution is 2.24. The molecule has 0 saturated carbocycles. The molecule has 0 aromatic carbocycles. The van der Waals surface area contributed by atoms with Gasteiger partial charge in [-0.3, -0.25) is 0 Å². The first-order valence-electron chi connectivity index (χ1n) is 4.95. The van der Waals surface area contributed by atoms with Gasteiger partial charge in [0.1, 0.15) is 0 Å². The summed E-state index contributed by atoms with van der Waals surface area (Å²) < 4.78 is 0. The highest BCUT2D eigenvalue weighted by molar-refractivity contribution is 7.12. The molecule has 0 saturated heterocycles. The molecule has 0 aliphatic rings. The predicted molar refractivity (Wildman–Crippen MR) is 68.1 cm³/mol. The molecule has 3 nitrogen and oxygen atoms in total. The Kier molecular flexibility index (Phi) is 3.41. The van der Waals surface area contributed by atoms with Crippen LogP contribution in [0, 0.1) is 6.92 Å². The number of halogens is 1. The summed E-state index contributed by atoms with van der Waals surface area (Å²) in [6.07, 6.45) is 3.17. The van der Waals surface area contributed by atoms with E-state index in [-0.39, 0.29) is 6.04 Å². The van der Waals surface area contributed by atoms with E-state index >= 15 is 0 Å². The third kappa shape index (κ3) is 2.71. The van der Waals surface area contributed by atoms with Gasteiger partial charge in [-0.2, -0.15) is 0 Å². The molecule has 0 fully saturated rings. The number of hydrogen-bond donors (Lipinski definition) is 1. The first-order valence-corrected chi connectivity index (χ1v) is 6.15. The Balaban J connectivity index is 2.07. The normalized spacial score (nSPS) is 12.4. The van der Waals surface area contributed by atoms with Gasteiger partial charge in [-0.1, -0.05) is 11.6 Å². The topological polar surface area (TPSA) is 37.8 Å². The molecule has 2 rings (SSSR count). The molecule has 5 heteroatoms. The fourth-order valence-electron chi connectivity index (χ4n) is 1.34. The summed E-state index contributed by atoms with van der Waals surface area (Å²) in [6, 6.07) is 4.44. The van der Waals surface area contributed by atoms with Gasteiger partial charge in [-0.15, -0.1) is 11.3 Å². The summed E-state index contributed by atoms with van der Waals surface area (Å²) in [5.74, 6) is 0.600. The van der Waals surface area contributed by atoms with Crippen LogP contribution < -0.4 is 5.32 Å². The standard InChI is InChI=1S/C11H12ClN3S/c1-7-3-4-10(16-7)8(2)15-11-13-5-9(12)6-14-11/h3-6,8H,1-2H3,(H,13,14,15). The lowest BCUT2D eigenvalue weighted by Crippen LogP contribution is -2.07. The number of thiophene rings is 1. The second kappa shape index (κ2) is 4.80. The van der Waals surface area contributed by atoms with Crippen LogP contribution in [0.15, 0.2) is 24.5 Å². The monoisotopic (exact) mass is 253 g/mol. The highest BCUT2D eigenvalue weighted by atomic mass is 35.5. The van der Waals surface area contributed by atoms with Crippen molar-refractivity contribution in [1.82, 2.24) is 9.97 Å². The molecule has 0 spiro atoms. The second-order valence-electron chi connectivity index (χ2n) is 3.54. The Morgan fingerprint density at radius 1 is 1.31 bits per heavy atom. The van der Waals surface area contributed by atoms with Crippen molar-refractivity contribution in [2.75, 3.05) is 5.32 Å². The van der Waals surface area contributed by atoms with Crippen LogP contribution in [0.3, 0.4) is 0 Å². The molecule has 1 N–H and O–H groups in total. The highest BCUT2D eigenvalue weighted by Gasteiger charge is 2.08. The van der Waals surface area contributed by atoms with Crippen molar-refractivity contribution in [3.8, 4) is 0 Å². The maximum atomic E-state index is 5.72.